The number of benzene rings is 1. The third kappa shape index (κ3) is 1.38. The maximum absolute atomic E-state index is 5.01. The van der Waals surface area contributed by atoms with Crippen molar-refractivity contribution in [1.82, 2.24) is 30.0 Å². The Labute approximate surface area is 95.0 Å². The number of hydrogen-bond donors (Lipinski definition) is 1. The fourth-order valence-corrected chi connectivity index (χ4v) is 1.52. The third-order valence-electron chi connectivity index (χ3n) is 2.09. The first-order chi connectivity index (χ1) is 7.84. The van der Waals surface area contributed by atoms with E-state index in [1.807, 2.05) is 30.3 Å². The van der Waals surface area contributed by atoms with Crippen molar-refractivity contribution >= 4 is 18.0 Å². The van der Waals surface area contributed by atoms with Gasteiger partial charge in [-0.05, 0) is 12.2 Å². The highest BCUT2D eigenvalue weighted by Gasteiger charge is 2.05. The molecule has 1 aromatic carbocycles. The van der Waals surface area contributed by atoms with E-state index in [0.29, 0.717) is 16.4 Å². The summed E-state index contributed by atoms with van der Waals surface area (Å²) in [5.41, 5.74) is 0.889. The van der Waals surface area contributed by atoms with Gasteiger partial charge in [0.2, 0.25) is 10.6 Å². The largest absolute Gasteiger partial charge is 0.289 e. The van der Waals surface area contributed by atoms with Gasteiger partial charge in [-0.15, -0.1) is 20.4 Å². The molecule has 0 bridgehead atoms. The summed E-state index contributed by atoms with van der Waals surface area (Å²) in [5, 5.41) is 18.6. The van der Waals surface area contributed by atoms with E-state index in [0.717, 1.165) is 5.56 Å². The van der Waals surface area contributed by atoms with Gasteiger partial charge in [-0.3, -0.25) is 0 Å². The molecule has 0 aliphatic heterocycles. The summed E-state index contributed by atoms with van der Waals surface area (Å²) in [6.45, 7) is 0. The van der Waals surface area contributed by atoms with Crippen LogP contribution in [-0.2, 0) is 0 Å². The molecule has 3 rings (SSSR count). The topological polar surface area (TPSA) is 71.8 Å². The standard InChI is InChI=1S/C9H6N6S/c16-9-13-12-8-11-10-7(14-15(8)9)6-4-2-1-3-5-6/h1-5H,(H,13,16). The summed E-state index contributed by atoms with van der Waals surface area (Å²) >= 11 is 5.01. The Bertz CT molecular complexity index is 686. The monoisotopic (exact) mass is 230 g/mol. The van der Waals surface area contributed by atoms with Crippen LogP contribution in [0.1, 0.15) is 0 Å². The predicted octanol–water partition coefficient (Wildman–Crippen LogP) is 1.24. The maximum Gasteiger partial charge on any atom is 0.289 e. The van der Waals surface area contributed by atoms with Crippen LogP contribution in [-0.4, -0.2) is 30.0 Å². The van der Waals surface area contributed by atoms with E-state index >= 15 is 0 Å². The molecular weight excluding hydrogens is 224 g/mol. The molecule has 0 amide bonds. The van der Waals surface area contributed by atoms with Crippen molar-refractivity contribution in [1.29, 1.82) is 0 Å². The van der Waals surface area contributed by atoms with Crippen LogP contribution in [0.2, 0.25) is 0 Å². The Balaban J connectivity index is 2.26. The molecule has 6 nitrogen and oxygen atoms in total. The normalized spacial score (nSPS) is 10.8. The summed E-state index contributed by atoms with van der Waals surface area (Å²) in [7, 11) is 0. The second-order valence-electron chi connectivity index (χ2n) is 3.13. The minimum absolute atomic E-state index is 0.365. The van der Waals surface area contributed by atoms with Gasteiger partial charge in [0.25, 0.3) is 5.78 Å². The summed E-state index contributed by atoms with van der Waals surface area (Å²) in [6.07, 6.45) is 0. The third-order valence-corrected chi connectivity index (χ3v) is 2.36. The van der Waals surface area contributed by atoms with Crippen LogP contribution >= 0.6 is 12.2 Å². The van der Waals surface area contributed by atoms with Crippen LogP contribution in [0.15, 0.2) is 30.3 Å². The summed E-state index contributed by atoms with van der Waals surface area (Å²) in [6, 6.07) is 9.58. The van der Waals surface area contributed by atoms with Crippen molar-refractivity contribution in [2.24, 2.45) is 0 Å². The van der Waals surface area contributed by atoms with Gasteiger partial charge in [0.15, 0.2) is 0 Å². The van der Waals surface area contributed by atoms with Crippen LogP contribution in [0.5, 0.6) is 0 Å². The average molecular weight is 230 g/mol. The Morgan fingerprint density at radius 1 is 1.12 bits per heavy atom. The first-order valence-corrected chi connectivity index (χ1v) is 4.99. The molecule has 0 unspecified atom stereocenters. The Kier molecular flexibility index (Phi) is 1.97. The number of fused-ring (bicyclic) bond motifs is 1. The molecule has 0 saturated carbocycles. The zero-order chi connectivity index (χ0) is 11.0. The van der Waals surface area contributed by atoms with E-state index in [1.165, 1.54) is 4.52 Å². The van der Waals surface area contributed by atoms with Crippen molar-refractivity contribution in [3.63, 3.8) is 0 Å². The van der Waals surface area contributed by atoms with Crippen molar-refractivity contribution in [3.05, 3.63) is 35.1 Å². The predicted molar refractivity (Wildman–Crippen MR) is 59.2 cm³/mol. The van der Waals surface area contributed by atoms with Crippen molar-refractivity contribution < 1.29 is 0 Å². The van der Waals surface area contributed by atoms with Crippen molar-refractivity contribution in [2.45, 2.75) is 0 Å². The first-order valence-electron chi connectivity index (χ1n) is 4.58. The number of rotatable bonds is 1. The van der Waals surface area contributed by atoms with Crippen molar-refractivity contribution in [2.75, 3.05) is 0 Å². The molecule has 0 atom stereocenters. The van der Waals surface area contributed by atoms with E-state index < -0.39 is 0 Å². The molecule has 7 heteroatoms. The van der Waals surface area contributed by atoms with E-state index in [2.05, 4.69) is 25.5 Å². The molecule has 2 heterocycles. The number of hydrogen-bond acceptors (Lipinski definition) is 5. The molecule has 78 valence electrons. The van der Waals surface area contributed by atoms with Crippen LogP contribution in [0.3, 0.4) is 0 Å². The lowest BCUT2D eigenvalue weighted by atomic mass is 10.2. The maximum atomic E-state index is 5.01. The van der Waals surface area contributed by atoms with Gasteiger partial charge in [0.1, 0.15) is 0 Å². The van der Waals surface area contributed by atoms with Gasteiger partial charge in [-0.2, -0.15) is 4.52 Å². The van der Waals surface area contributed by atoms with Gasteiger partial charge in [0, 0.05) is 5.56 Å². The summed E-state index contributed by atoms with van der Waals surface area (Å²) in [4.78, 5) is 0. The highest BCUT2D eigenvalue weighted by atomic mass is 32.1. The van der Waals surface area contributed by atoms with Crippen LogP contribution in [0.4, 0.5) is 0 Å². The van der Waals surface area contributed by atoms with Crippen LogP contribution < -0.4 is 0 Å². The van der Waals surface area contributed by atoms with E-state index in [1.54, 1.807) is 0 Å². The average Bonchev–Trinajstić information content (AvgIpc) is 2.72. The second kappa shape index (κ2) is 3.46. The number of nitrogens with one attached hydrogen (secondary N) is 1. The zero-order valence-corrected chi connectivity index (χ0v) is 8.85. The van der Waals surface area contributed by atoms with Gasteiger partial charge in [0.05, 0.1) is 0 Å². The van der Waals surface area contributed by atoms with Crippen LogP contribution in [0, 0.1) is 4.77 Å². The van der Waals surface area contributed by atoms with Gasteiger partial charge < -0.3 is 0 Å². The Morgan fingerprint density at radius 2 is 1.94 bits per heavy atom. The lowest BCUT2D eigenvalue weighted by Crippen LogP contribution is -2.01. The molecule has 0 fully saturated rings. The molecule has 0 aliphatic rings. The molecule has 0 spiro atoms. The molecule has 2 aromatic heterocycles. The quantitative estimate of drug-likeness (QED) is 0.637. The zero-order valence-electron chi connectivity index (χ0n) is 8.03. The first kappa shape index (κ1) is 9.10. The van der Waals surface area contributed by atoms with Crippen LogP contribution in [0.25, 0.3) is 17.2 Å². The van der Waals surface area contributed by atoms with E-state index in [9.17, 15) is 0 Å². The minimum Gasteiger partial charge on any atom is -0.248 e. The lowest BCUT2D eigenvalue weighted by molar-refractivity contribution is 0.828. The summed E-state index contributed by atoms with van der Waals surface area (Å²) in [5.74, 6) is 0.885. The number of nitrogens with zero attached hydrogens (tertiary/aromatic N) is 5. The molecule has 0 saturated heterocycles. The molecule has 0 radical (unpaired) electrons. The van der Waals surface area contributed by atoms with Gasteiger partial charge >= 0.3 is 0 Å². The smallest absolute Gasteiger partial charge is 0.248 e. The molecule has 1 N–H and O–H groups in total. The number of H-pyrrole nitrogens is 1. The molecular formula is C9H6N6S. The second-order valence-corrected chi connectivity index (χ2v) is 3.52. The lowest BCUT2D eigenvalue weighted by Gasteiger charge is -1.97. The number of aromatic amines is 1. The molecule has 0 aliphatic carbocycles. The fraction of sp³-hybridized carbons (Fsp3) is 0. The SMILES string of the molecule is S=c1[nH]nc2nnc(-c3ccccc3)nn12. The fourth-order valence-electron chi connectivity index (χ4n) is 1.35. The molecule has 3 aromatic rings. The number of aromatic nitrogens is 6. The molecule has 16 heavy (non-hydrogen) atoms. The van der Waals surface area contributed by atoms with E-state index in [4.69, 9.17) is 12.2 Å². The van der Waals surface area contributed by atoms with Gasteiger partial charge in [-0.1, -0.05) is 30.3 Å². The highest BCUT2D eigenvalue weighted by Crippen LogP contribution is 2.11. The Morgan fingerprint density at radius 3 is 2.75 bits per heavy atom. The summed E-state index contributed by atoms with van der Waals surface area (Å²) < 4.78 is 1.85. The van der Waals surface area contributed by atoms with E-state index in [-0.39, 0.29) is 0 Å². The van der Waals surface area contributed by atoms with Gasteiger partial charge in [-0.25, -0.2) is 5.10 Å². The highest BCUT2D eigenvalue weighted by molar-refractivity contribution is 7.71. The van der Waals surface area contributed by atoms with Crippen molar-refractivity contribution in [3.8, 4) is 11.4 Å². The minimum atomic E-state index is 0.365. The Hall–Kier alpha value is -2.15.